The molecule has 2 heteroatoms. The molecule has 1 unspecified atom stereocenters. The van der Waals surface area contributed by atoms with Crippen molar-refractivity contribution in [3.63, 3.8) is 0 Å². The Labute approximate surface area is 352 Å². The van der Waals surface area contributed by atoms with Crippen molar-refractivity contribution in [1.29, 1.82) is 0 Å². The maximum absolute atomic E-state index is 6.70. The van der Waals surface area contributed by atoms with E-state index < -0.39 is 5.41 Å². The molecule has 2 aliphatic rings. The van der Waals surface area contributed by atoms with Crippen molar-refractivity contribution in [3.8, 4) is 33.8 Å². The smallest absolute Gasteiger partial charge is 0.132 e. The van der Waals surface area contributed by atoms with E-state index in [-0.39, 0.29) is 5.92 Å². The average Bonchev–Trinajstić information content (AvgIpc) is 3.84. The highest BCUT2D eigenvalue weighted by Crippen LogP contribution is 2.63. The number of rotatable bonds is 4. The van der Waals surface area contributed by atoms with Gasteiger partial charge in [0, 0.05) is 37.2 Å². The molecule has 1 nitrogen and oxygen atoms in total. The number of hydrogen-bond acceptors (Lipinski definition) is 2. The number of ether oxygens (including phenoxy) is 1. The molecule has 2 heterocycles. The van der Waals surface area contributed by atoms with Gasteiger partial charge in [-0.1, -0.05) is 176 Å². The highest BCUT2D eigenvalue weighted by molar-refractivity contribution is 7.25. The van der Waals surface area contributed by atoms with Crippen LogP contribution in [0.25, 0.3) is 64.0 Å². The van der Waals surface area contributed by atoms with Gasteiger partial charge >= 0.3 is 0 Å². The Balaban J connectivity index is 1.16. The van der Waals surface area contributed by atoms with Crippen molar-refractivity contribution in [2.45, 2.75) is 11.3 Å². The van der Waals surface area contributed by atoms with E-state index in [1.807, 2.05) is 11.3 Å². The van der Waals surface area contributed by atoms with Crippen molar-refractivity contribution >= 4 is 53.1 Å². The van der Waals surface area contributed by atoms with Crippen molar-refractivity contribution in [2.75, 3.05) is 0 Å². The predicted octanol–water partition coefficient (Wildman–Crippen LogP) is 15.7. The molecule has 1 atom stereocenters. The van der Waals surface area contributed by atoms with Crippen LogP contribution in [0.4, 0.5) is 0 Å². The molecule has 1 aliphatic carbocycles. The maximum atomic E-state index is 6.70. The summed E-state index contributed by atoms with van der Waals surface area (Å²) >= 11 is 1.90. The van der Waals surface area contributed by atoms with Gasteiger partial charge in [0.1, 0.15) is 11.5 Å². The fourth-order valence-electron chi connectivity index (χ4n) is 10.9. The minimum Gasteiger partial charge on any atom is -0.457 e. The lowest BCUT2D eigenvalue weighted by Gasteiger charge is -2.39. The van der Waals surface area contributed by atoms with Gasteiger partial charge in [0.2, 0.25) is 0 Å². The van der Waals surface area contributed by atoms with Crippen LogP contribution < -0.4 is 4.74 Å². The molecule has 280 valence electrons. The predicted molar refractivity (Wildman–Crippen MR) is 251 cm³/mol. The Morgan fingerprint density at radius 3 is 1.82 bits per heavy atom. The van der Waals surface area contributed by atoms with Crippen molar-refractivity contribution in [1.82, 2.24) is 0 Å². The Bertz CT molecular complexity index is 3490. The SMILES string of the molecule is c1ccc(C(c2cccc3c2-c2ccccc2C32c3ccccc3Oc3ccccc32)c2cc(-c3cc4ccccc4c4ccccc34)cc3sc4ccccc4c23)cc1. The first kappa shape index (κ1) is 33.7. The number of para-hydroxylation sites is 2. The molecule has 0 bridgehead atoms. The highest BCUT2D eigenvalue weighted by Gasteiger charge is 2.51. The highest BCUT2D eigenvalue weighted by atomic mass is 32.1. The van der Waals surface area contributed by atoms with E-state index in [0.717, 1.165) is 11.5 Å². The maximum Gasteiger partial charge on any atom is 0.132 e. The second-order valence-corrected chi connectivity index (χ2v) is 17.3. The van der Waals surface area contributed by atoms with Crippen molar-refractivity contribution in [3.05, 3.63) is 251 Å². The third-order valence-electron chi connectivity index (χ3n) is 13.2. The van der Waals surface area contributed by atoms with E-state index in [9.17, 15) is 0 Å². The molecular formula is C58H36OS. The second kappa shape index (κ2) is 12.9. The minimum absolute atomic E-state index is 0.0816. The van der Waals surface area contributed by atoms with E-state index >= 15 is 0 Å². The van der Waals surface area contributed by atoms with Crippen molar-refractivity contribution < 1.29 is 4.74 Å². The van der Waals surface area contributed by atoms with Gasteiger partial charge in [-0.2, -0.15) is 0 Å². The van der Waals surface area contributed by atoms with Crippen LogP contribution in [-0.4, -0.2) is 0 Å². The third kappa shape index (κ3) is 4.63. The fraction of sp³-hybridized carbons (Fsp3) is 0.0345. The van der Waals surface area contributed by atoms with Crippen LogP contribution in [0.15, 0.2) is 212 Å². The molecule has 60 heavy (non-hydrogen) atoms. The quantitative estimate of drug-likeness (QED) is 0.128. The average molecular weight is 781 g/mol. The van der Waals surface area contributed by atoms with Crippen LogP contribution in [-0.2, 0) is 5.41 Å². The van der Waals surface area contributed by atoms with Crippen LogP contribution in [0.1, 0.15) is 44.9 Å². The second-order valence-electron chi connectivity index (χ2n) is 16.2. The lowest BCUT2D eigenvalue weighted by atomic mass is 9.66. The molecule has 0 fully saturated rings. The summed E-state index contributed by atoms with van der Waals surface area (Å²) in [5, 5.41) is 7.73. The monoisotopic (exact) mass is 780 g/mol. The van der Waals surface area contributed by atoms with Gasteiger partial charge in [-0.15, -0.1) is 11.3 Å². The molecule has 1 aliphatic heterocycles. The van der Waals surface area contributed by atoms with Crippen molar-refractivity contribution in [2.24, 2.45) is 0 Å². The molecule has 10 aromatic carbocycles. The van der Waals surface area contributed by atoms with Crippen LogP contribution in [0, 0.1) is 0 Å². The third-order valence-corrected chi connectivity index (χ3v) is 14.4. The van der Waals surface area contributed by atoms with Gasteiger partial charge < -0.3 is 4.74 Å². The first-order valence-electron chi connectivity index (χ1n) is 20.8. The van der Waals surface area contributed by atoms with Gasteiger partial charge in [-0.3, -0.25) is 0 Å². The van der Waals surface area contributed by atoms with Gasteiger partial charge in [0.05, 0.1) is 5.41 Å². The lowest BCUT2D eigenvalue weighted by molar-refractivity contribution is 0.436. The summed E-state index contributed by atoms with van der Waals surface area (Å²) in [6.45, 7) is 0. The first-order valence-corrected chi connectivity index (χ1v) is 21.6. The van der Waals surface area contributed by atoms with E-state index in [4.69, 9.17) is 4.74 Å². The molecule has 1 aromatic heterocycles. The number of hydrogen-bond donors (Lipinski definition) is 0. The summed E-state index contributed by atoms with van der Waals surface area (Å²) in [6.07, 6.45) is 0. The van der Waals surface area contributed by atoms with Gasteiger partial charge in [0.15, 0.2) is 0 Å². The Kier molecular flexibility index (Phi) is 7.23. The Morgan fingerprint density at radius 1 is 0.400 bits per heavy atom. The van der Waals surface area contributed by atoms with E-state index in [0.29, 0.717) is 0 Å². The molecule has 0 saturated heterocycles. The van der Waals surface area contributed by atoms with Crippen LogP contribution >= 0.6 is 11.3 Å². The molecule has 13 rings (SSSR count). The minimum atomic E-state index is -0.551. The molecule has 0 radical (unpaired) electrons. The van der Waals surface area contributed by atoms with Gasteiger partial charge in [-0.25, -0.2) is 0 Å². The molecule has 0 amide bonds. The summed E-state index contributed by atoms with van der Waals surface area (Å²) in [5.41, 5.74) is 13.4. The zero-order chi connectivity index (χ0) is 39.4. The first-order chi connectivity index (χ1) is 29.8. The van der Waals surface area contributed by atoms with Gasteiger partial charge in [0.25, 0.3) is 0 Å². The Hall–Kier alpha value is -7.26. The molecular weight excluding hydrogens is 745 g/mol. The molecule has 1 spiro atoms. The molecule has 0 saturated carbocycles. The summed E-state index contributed by atoms with van der Waals surface area (Å²) in [6, 6.07) is 78.8. The summed E-state index contributed by atoms with van der Waals surface area (Å²) in [7, 11) is 0. The summed E-state index contributed by atoms with van der Waals surface area (Å²) < 4.78 is 9.31. The number of thiophene rings is 1. The largest absolute Gasteiger partial charge is 0.457 e. The molecule has 0 N–H and O–H groups in total. The zero-order valence-corrected chi connectivity index (χ0v) is 33.4. The van der Waals surface area contributed by atoms with Crippen LogP contribution in [0.3, 0.4) is 0 Å². The number of fused-ring (bicyclic) bond motifs is 15. The van der Waals surface area contributed by atoms with E-state index in [1.54, 1.807) is 0 Å². The lowest BCUT2D eigenvalue weighted by Crippen LogP contribution is -2.32. The van der Waals surface area contributed by atoms with E-state index in [2.05, 4.69) is 212 Å². The van der Waals surface area contributed by atoms with Gasteiger partial charge in [-0.05, 0) is 108 Å². The van der Waals surface area contributed by atoms with E-state index in [1.165, 1.54) is 103 Å². The normalized spacial score (nSPS) is 13.9. The summed E-state index contributed by atoms with van der Waals surface area (Å²) in [4.78, 5) is 0. The standard InChI is InChI=1S/C58H36OS/c1-2-17-36(18-3-1)55(44-25-16-29-50-56(44)42-23-8-10-26-47(42)58(50)48-27-11-13-30-51(48)59-52-31-14-12-28-49(52)58)46-34-38(35-54-57(46)43-24-9-15-32-53(43)60-54)45-33-37-19-4-5-20-39(37)40-21-6-7-22-41(40)45/h1-35,55H. The topological polar surface area (TPSA) is 9.23 Å². The van der Waals surface area contributed by atoms with Crippen LogP contribution in [0.2, 0.25) is 0 Å². The number of benzene rings is 10. The zero-order valence-electron chi connectivity index (χ0n) is 32.6. The van der Waals surface area contributed by atoms with Crippen LogP contribution in [0.5, 0.6) is 11.5 Å². The Morgan fingerprint density at radius 2 is 1.02 bits per heavy atom. The summed E-state index contributed by atoms with van der Waals surface area (Å²) in [5.74, 6) is 1.73. The molecule has 11 aromatic rings. The fourth-order valence-corrected chi connectivity index (χ4v) is 12.1.